The zero-order valence-electron chi connectivity index (χ0n) is 12.6. The first-order chi connectivity index (χ1) is 10.6. The Morgan fingerprint density at radius 3 is 2.82 bits per heavy atom. The first-order valence-electron chi connectivity index (χ1n) is 7.44. The fraction of sp³-hybridized carbons (Fsp3) is 0.714. The number of hydrogen-bond acceptors (Lipinski definition) is 5. The van der Waals surface area contributed by atoms with Gasteiger partial charge in [0.05, 0.1) is 19.3 Å². The molecule has 2 fully saturated rings. The number of carbonyl (C=O) groups is 2. The first kappa shape index (κ1) is 17.0. The van der Waals surface area contributed by atoms with Crippen LogP contribution in [0.1, 0.15) is 6.42 Å². The van der Waals surface area contributed by atoms with Crippen LogP contribution in [0.25, 0.3) is 0 Å². The summed E-state index contributed by atoms with van der Waals surface area (Å²) >= 11 is 4.43. The smallest absolute Gasteiger partial charge is 0.410 e. The van der Waals surface area contributed by atoms with Crippen molar-refractivity contribution in [3.8, 4) is 0 Å². The van der Waals surface area contributed by atoms with E-state index in [9.17, 15) is 9.59 Å². The lowest BCUT2D eigenvalue weighted by molar-refractivity contribution is 0.0527. The van der Waals surface area contributed by atoms with Crippen LogP contribution >= 0.6 is 12.6 Å². The molecule has 2 heterocycles. The molecular weight excluding hydrogens is 306 g/mol. The average Bonchev–Trinajstić information content (AvgIpc) is 2.92. The molecule has 0 unspecified atom stereocenters. The van der Waals surface area contributed by atoms with E-state index in [1.165, 1.54) is 6.08 Å². The molecule has 22 heavy (non-hydrogen) atoms. The molecular formula is C14H23N3O4S. The second-order valence-electron chi connectivity index (χ2n) is 5.35. The largest absolute Gasteiger partial charge is 0.445 e. The van der Waals surface area contributed by atoms with Gasteiger partial charge in [0.1, 0.15) is 6.61 Å². The maximum absolute atomic E-state index is 12.1. The predicted octanol–water partition coefficient (Wildman–Crippen LogP) is 0.723. The Kier molecular flexibility index (Phi) is 6.38. The average molecular weight is 329 g/mol. The predicted molar refractivity (Wildman–Crippen MR) is 85.2 cm³/mol. The summed E-state index contributed by atoms with van der Waals surface area (Å²) < 4.78 is 10.3. The Morgan fingerprint density at radius 2 is 2.14 bits per heavy atom. The van der Waals surface area contributed by atoms with Gasteiger partial charge < -0.3 is 24.6 Å². The minimum Gasteiger partial charge on any atom is -0.445 e. The van der Waals surface area contributed by atoms with Crippen molar-refractivity contribution >= 4 is 24.8 Å². The summed E-state index contributed by atoms with van der Waals surface area (Å²) in [5, 5.41) is 2.98. The number of thiol groups is 1. The number of carbonyl (C=O) groups excluding carboxylic acids is 2. The summed E-state index contributed by atoms with van der Waals surface area (Å²) in [5.74, 6) is 0. The highest BCUT2D eigenvalue weighted by Crippen LogP contribution is 2.22. The normalized spacial score (nSPS) is 25.0. The van der Waals surface area contributed by atoms with E-state index in [-0.39, 0.29) is 30.0 Å². The maximum Gasteiger partial charge on any atom is 0.410 e. The molecule has 0 aromatic carbocycles. The van der Waals surface area contributed by atoms with Crippen LogP contribution in [0.4, 0.5) is 9.59 Å². The highest BCUT2D eigenvalue weighted by molar-refractivity contribution is 7.81. The van der Waals surface area contributed by atoms with Gasteiger partial charge in [-0.25, -0.2) is 9.59 Å². The number of hydrogen-bond donors (Lipinski definition) is 2. The minimum absolute atomic E-state index is 0.0928. The van der Waals surface area contributed by atoms with Gasteiger partial charge in [0.25, 0.3) is 0 Å². The zero-order valence-corrected chi connectivity index (χ0v) is 13.5. The highest BCUT2D eigenvalue weighted by atomic mass is 32.1. The number of amides is 3. The Bertz CT molecular complexity index is 415. The molecule has 2 rings (SSSR count). The lowest BCUT2D eigenvalue weighted by atomic mass is 10.2. The lowest BCUT2D eigenvalue weighted by Crippen LogP contribution is -2.50. The number of likely N-dealkylation sites (tertiary alicyclic amines) is 1. The number of nitrogens with zero attached hydrogens (tertiary/aromatic N) is 2. The molecule has 0 aromatic heterocycles. The summed E-state index contributed by atoms with van der Waals surface area (Å²) in [6, 6.07) is -0.213. The fourth-order valence-corrected chi connectivity index (χ4v) is 3.02. The van der Waals surface area contributed by atoms with Crippen molar-refractivity contribution in [2.24, 2.45) is 0 Å². The summed E-state index contributed by atoms with van der Waals surface area (Å²) in [6.45, 7) is 6.94. The second kappa shape index (κ2) is 8.28. The number of rotatable bonds is 4. The third kappa shape index (κ3) is 4.54. The Morgan fingerprint density at radius 1 is 1.41 bits per heavy atom. The second-order valence-corrected chi connectivity index (χ2v) is 6.08. The van der Waals surface area contributed by atoms with E-state index in [0.717, 1.165) is 6.42 Å². The molecule has 2 saturated heterocycles. The molecule has 0 bridgehead atoms. The van der Waals surface area contributed by atoms with Crippen LogP contribution in [0.15, 0.2) is 12.7 Å². The molecule has 8 heteroatoms. The van der Waals surface area contributed by atoms with E-state index in [2.05, 4.69) is 24.5 Å². The number of ether oxygens (including phenoxy) is 2. The summed E-state index contributed by atoms with van der Waals surface area (Å²) in [7, 11) is 0. The molecule has 0 saturated carbocycles. The first-order valence-corrected chi connectivity index (χ1v) is 7.96. The van der Waals surface area contributed by atoms with Crippen LogP contribution in [-0.4, -0.2) is 79.2 Å². The van der Waals surface area contributed by atoms with Crippen LogP contribution < -0.4 is 5.32 Å². The van der Waals surface area contributed by atoms with E-state index >= 15 is 0 Å². The molecule has 0 radical (unpaired) electrons. The van der Waals surface area contributed by atoms with Crippen molar-refractivity contribution in [2.75, 3.05) is 46.0 Å². The molecule has 7 nitrogen and oxygen atoms in total. The van der Waals surface area contributed by atoms with Gasteiger partial charge in [-0.3, -0.25) is 0 Å². The molecule has 0 aromatic rings. The van der Waals surface area contributed by atoms with Crippen molar-refractivity contribution < 1.29 is 19.1 Å². The van der Waals surface area contributed by atoms with Crippen molar-refractivity contribution in [3.63, 3.8) is 0 Å². The Hall–Kier alpha value is -1.41. The number of morpholine rings is 1. The Balaban J connectivity index is 1.82. The van der Waals surface area contributed by atoms with Crippen molar-refractivity contribution in [3.05, 3.63) is 12.7 Å². The van der Waals surface area contributed by atoms with Gasteiger partial charge in [-0.05, 0) is 6.42 Å². The van der Waals surface area contributed by atoms with Gasteiger partial charge in [-0.2, -0.15) is 12.6 Å². The van der Waals surface area contributed by atoms with Crippen LogP contribution in [0.5, 0.6) is 0 Å². The summed E-state index contributed by atoms with van der Waals surface area (Å²) in [4.78, 5) is 27.4. The molecule has 2 atom stereocenters. The summed E-state index contributed by atoms with van der Waals surface area (Å²) in [6.07, 6.45) is 1.87. The SMILES string of the molecule is C=CCOC(=O)N1C[C@@H](S)C[C@H]1CNC(=O)N1CCOCC1. The third-order valence-corrected chi connectivity index (χ3v) is 4.11. The van der Waals surface area contributed by atoms with Crippen LogP contribution in [0, 0.1) is 0 Å². The maximum atomic E-state index is 12.1. The van der Waals surface area contributed by atoms with E-state index in [1.807, 2.05) is 0 Å². The van der Waals surface area contributed by atoms with Gasteiger partial charge in [0.15, 0.2) is 0 Å². The van der Waals surface area contributed by atoms with Gasteiger partial charge in [-0.15, -0.1) is 0 Å². The number of urea groups is 1. The zero-order chi connectivity index (χ0) is 15.9. The van der Waals surface area contributed by atoms with Crippen molar-refractivity contribution in [1.82, 2.24) is 15.1 Å². The molecule has 1 N–H and O–H groups in total. The molecule has 2 aliphatic rings. The van der Waals surface area contributed by atoms with E-state index in [0.29, 0.717) is 39.4 Å². The molecule has 0 spiro atoms. The highest BCUT2D eigenvalue weighted by Gasteiger charge is 2.35. The minimum atomic E-state index is -0.387. The van der Waals surface area contributed by atoms with Gasteiger partial charge >= 0.3 is 12.1 Å². The molecule has 2 aliphatic heterocycles. The fourth-order valence-electron chi connectivity index (χ4n) is 2.61. The van der Waals surface area contributed by atoms with E-state index < -0.39 is 0 Å². The topological polar surface area (TPSA) is 71.1 Å². The van der Waals surface area contributed by atoms with E-state index in [1.54, 1.807) is 9.80 Å². The third-order valence-electron chi connectivity index (χ3n) is 3.74. The summed E-state index contributed by atoms with van der Waals surface area (Å²) in [5.41, 5.74) is 0. The van der Waals surface area contributed by atoms with Crippen LogP contribution in [0.3, 0.4) is 0 Å². The standard InChI is InChI=1S/C14H23N3O4S/c1-2-5-21-14(19)17-10-12(22)8-11(17)9-15-13(18)16-3-6-20-7-4-16/h2,11-12,22H,1,3-10H2,(H,15,18)/t11-,12-/m0/s1. The monoisotopic (exact) mass is 329 g/mol. The van der Waals surface area contributed by atoms with Gasteiger partial charge in [0, 0.05) is 31.4 Å². The molecule has 3 amide bonds. The molecule has 124 valence electrons. The quantitative estimate of drug-likeness (QED) is 0.589. The van der Waals surface area contributed by atoms with Crippen molar-refractivity contribution in [2.45, 2.75) is 17.7 Å². The van der Waals surface area contributed by atoms with E-state index in [4.69, 9.17) is 9.47 Å². The Labute approximate surface area is 136 Å². The van der Waals surface area contributed by atoms with Gasteiger partial charge in [0.2, 0.25) is 0 Å². The van der Waals surface area contributed by atoms with Crippen LogP contribution in [-0.2, 0) is 9.47 Å². The number of nitrogens with one attached hydrogen (secondary N) is 1. The van der Waals surface area contributed by atoms with Crippen LogP contribution in [0.2, 0.25) is 0 Å². The molecule has 0 aliphatic carbocycles. The van der Waals surface area contributed by atoms with Crippen molar-refractivity contribution in [1.29, 1.82) is 0 Å². The lowest BCUT2D eigenvalue weighted by Gasteiger charge is -2.29. The van der Waals surface area contributed by atoms with Gasteiger partial charge in [-0.1, -0.05) is 12.7 Å².